The maximum absolute atomic E-state index is 6.15. The fourth-order valence-corrected chi connectivity index (χ4v) is 3.09. The van der Waals surface area contributed by atoms with E-state index in [2.05, 4.69) is 53.6 Å². The fraction of sp³-hybridized carbons (Fsp3) is 0.350. The quantitative estimate of drug-likeness (QED) is 0.650. The molecule has 3 rings (SSSR count). The van der Waals surface area contributed by atoms with Crippen LogP contribution in [0.25, 0.3) is 0 Å². The number of nitrogens with one attached hydrogen (secondary N) is 1. The van der Waals surface area contributed by atoms with Crippen LogP contribution in [-0.2, 0) is 13.1 Å². The Kier molecular flexibility index (Phi) is 5.56. The molecule has 0 fully saturated rings. The first-order chi connectivity index (χ1) is 12.1. The van der Waals surface area contributed by atoms with Crippen LogP contribution in [0.4, 0.5) is 0 Å². The van der Waals surface area contributed by atoms with Gasteiger partial charge in [0.2, 0.25) is 0 Å². The van der Waals surface area contributed by atoms with Gasteiger partial charge in [0, 0.05) is 18.5 Å². The highest BCUT2D eigenvalue weighted by molar-refractivity contribution is 5.78. The third-order valence-electron chi connectivity index (χ3n) is 4.31. The zero-order valence-electron chi connectivity index (χ0n) is 14.9. The number of benzene rings is 2. The molecule has 1 aliphatic rings. The van der Waals surface area contributed by atoms with Crippen LogP contribution in [0.1, 0.15) is 29.2 Å². The molecule has 25 heavy (non-hydrogen) atoms. The molecule has 0 radical (unpaired) electrons. The molecule has 2 aromatic carbocycles. The smallest absolute Gasteiger partial charge is 0.189 e. The van der Waals surface area contributed by atoms with Gasteiger partial charge in [-0.05, 0) is 31.3 Å². The zero-order chi connectivity index (χ0) is 17.6. The number of hydrogen-bond acceptors (Lipinski definition) is 3. The van der Waals surface area contributed by atoms with E-state index in [0.717, 1.165) is 24.3 Å². The average Bonchev–Trinajstić information content (AvgIpc) is 2.61. The molecular formula is C20H26N4O. The number of rotatable bonds is 5. The molecule has 1 atom stereocenters. The minimum absolute atomic E-state index is 0.144. The van der Waals surface area contributed by atoms with Crippen LogP contribution >= 0.6 is 0 Å². The first kappa shape index (κ1) is 17.3. The Hall–Kier alpha value is -2.53. The van der Waals surface area contributed by atoms with E-state index in [0.29, 0.717) is 19.1 Å². The molecule has 1 unspecified atom stereocenters. The standard InChI is InChI=1S/C20H26N4O/c1-24(2)14-16-8-4-3-7-15(16)13-22-20(21)23-18-11-12-25-19-10-6-5-9-17(18)19/h3-10,18H,11-14H2,1-2H3,(H3,21,22,23). The van der Waals surface area contributed by atoms with Gasteiger partial charge in [-0.25, -0.2) is 4.99 Å². The van der Waals surface area contributed by atoms with Crippen LogP contribution in [0.3, 0.4) is 0 Å². The molecule has 5 nitrogen and oxygen atoms in total. The van der Waals surface area contributed by atoms with Crippen molar-refractivity contribution in [1.82, 2.24) is 10.2 Å². The van der Waals surface area contributed by atoms with Gasteiger partial charge in [0.05, 0.1) is 19.2 Å². The highest BCUT2D eigenvalue weighted by atomic mass is 16.5. The van der Waals surface area contributed by atoms with Crippen molar-refractivity contribution in [2.24, 2.45) is 10.7 Å². The van der Waals surface area contributed by atoms with Crippen LogP contribution in [-0.4, -0.2) is 31.6 Å². The Morgan fingerprint density at radius 2 is 1.88 bits per heavy atom. The van der Waals surface area contributed by atoms with Crippen LogP contribution in [0, 0.1) is 0 Å². The summed E-state index contributed by atoms with van der Waals surface area (Å²) in [5, 5.41) is 3.34. The van der Waals surface area contributed by atoms with E-state index in [1.807, 2.05) is 24.3 Å². The molecule has 1 aliphatic heterocycles. The van der Waals surface area contributed by atoms with Crippen LogP contribution in [0.2, 0.25) is 0 Å². The van der Waals surface area contributed by atoms with Crippen LogP contribution < -0.4 is 15.8 Å². The lowest BCUT2D eigenvalue weighted by atomic mass is 10.0. The molecule has 2 aromatic rings. The van der Waals surface area contributed by atoms with Gasteiger partial charge in [-0.2, -0.15) is 0 Å². The van der Waals surface area contributed by atoms with Crippen molar-refractivity contribution < 1.29 is 4.74 Å². The van der Waals surface area contributed by atoms with E-state index >= 15 is 0 Å². The number of guanidine groups is 1. The fourth-order valence-electron chi connectivity index (χ4n) is 3.09. The molecule has 0 spiro atoms. The third kappa shape index (κ3) is 4.51. The largest absolute Gasteiger partial charge is 0.493 e. The predicted octanol–water partition coefficient (Wildman–Crippen LogP) is 2.68. The molecule has 1 heterocycles. The number of hydrogen-bond donors (Lipinski definition) is 2. The second kappa shape index (κ2) is 8.03. The van der Waals surface area contributed by atoms with Gasteiger partial charge < -0.3 is 20.7 Å². The van der Waals surface area contributed by atoms with Crippen LogP contribution in [0.5, 0.6) is 5.75 Å². The molecule has 0 saturated heterocycles. The first-order valence-corrected chi connectivity index (χ1v) is 8.63. The van der Waals surface area contributed by atoms with E-state index in [4.69, 9.17) is 10.5 Å². The lowest BCUT2D eigenvalue weighted by molar-refractivity contribution is 0.262. The van der Waals surface area contributed by atoms with E-state index in [1.54, 1.807) is 0 Å². The second-order valence-electron chi connectivity index (χ2n) is 6.58. The SMILES string of the molecule is CN(C)Cc1ccccc1CN=C(N)NC1CCOc2ccccc21. The monoisotopic (exact) mass is 338 g/mol. The van der Waals surface area contributed by atoms with Gasteiger partial charge in [-0.3, -0.25) is 0 Å². The highest BCUT2D eigenvalue weighted by Gasteiger charge is 2.21. The van der Waals surface area contributed by atoms with E-state index in [1.165, 1.54) is 11.1 Å². The number of nitrogens with zero attached hydrogens (tertiary/aromatic N) is 2. The number of ether oxygens (including phenoxy) is 1. The predicted molar refractivity (Wildman–Crippen MR) is 102 cm³/mol. The summed E-state index contributed by atoms with van der Waals surface area (Å²) in [6.07, 6.45) is 0.879. The molecule has 132 valence electrons. The topological polar surface area (TPSA) is 62.9 Å². The van der Waals surface area contributed by atoms with Crippen molar-refractivity contribution in [2.75, 3.05) is 20.7 Å². The number of para-hydroxylation sites is 1. The Labute approximate surface area is 149 Å². The van der Waals surface area contributed by atoms with E-state index in [-0.39, 0.29) is 6.04 Å². The van der Waals surface area contributed by atoms with E-state index < -0.39 is 0 Å². The Balaban J connectivity index is 1.68. The van der Waals surface area contributed by atoms with Crippen molar-refractivity contribution in [1.29, 1.82) is 0 Å². The molecule has 0 amide bonds. The number of aliphatic imine (C=N–C) groups is 1. The first-order valence-electron chi connectivity index (χ1n) is 8.63. The van der Waals surface area contributed by atoms with Gasteiger partial charge in [0.1, 0.15) is 5.75 Å². The van der Waals surface area contributed by atoms with Gasteiger partial charge >= 0.3 is 0 Å². The van der Waals surface area contributed by atoms with Crippen molar-refractivity contribution >= 4 is 5.96 Å². The molecule has 0 aliphatic carbocycles. The lowest BCUT2D eigenvalue weighted by Gasteiger charge is -2.27. The minimum Gasteiger partial charge on any atom is -0.493 e. The molecule has 3 N–H and O–H groups in total. The molecule has 0 bridgehead atoms. The van der Waals surface area contributed by atoms with Crippen LogP contribution in [0.15, 0.2) is 53.5 Å². The molecule has 0 aromatic heterocycles. The maximum atomic E-state index is 6.15. The highest BCUT2D eigenvalue weighted by Crippen LogP contribution is 2.31. The zero-order valence-corrected chi connectivity index (χ0v) is 14.9. The normalized spacial score (nSPS) is 17.1. The number of fused-ring (bicyclic) bond motifs is 1. The molecular weight excluding hydrogens is 312 g/mol. The summed E-state index contributed by atoms with van der Waals surface area (Å²) in [5.41, 5.74) is 9.77. The molecule has 0 saturated carbocycles. The summed E-state index contributed by atoms with van der Waals surface area (Å²) >= 11 is 0. The Morgan fingerprint density at radius 1 is 1.16 bits per heavy atom. The summed E-state index contributed by atoms with van der Waals surface area (Å²) in [6.45, 7) is 2.16. The summed E-state index contributed by atoms with van der Waals surface area (Å²) in [6, 6.07) is 16.6. The molecule has 5 heteroatoms. The maximum Gasteiger partial charge on any atom is 0.189 e. The van der Waals surface area contributed by atoms with Gasteiger partial charge in [0.15, 0.2) is 5.96 Å². The van der Waals surface area contributed by atoms with Crippen molar-refractivity contribution in [3.8, 4) is 5.75 Å². The third-order valence-corrected chi connectivity index (χ3v) is 4.31. The second-order valence-corrected chi connectivity index (χ2v) is 6.58. The van der Waals surface area contributed by atoms with Crippen molar-refractivity contribution in [3.05, 3.63) is 65.2 Å². The van der Waals surface area contributed by atoms with Gasteiger partial charge in [-0.15, -0.1) is 0 Å². The van der Waals surface area contributed by atoms with Gasteiger partial charge in [0.25, 0.3) is 0 Å². The van der Waals surface area contributed by atoms with Crippen molar-refractivity contribution in [3.63, 3.8) is 0 Å². The summed E-state index contributed by atoms with van der Waals surface area (Å²) < 4.78 is 5.69. The van der Waals surface area contributed by atoms with E-state index in [9.17, 15) is 0 Å². The summed E-state index contributed by atoms with van der Waals surface area (Å²) in [7, 11) is 4.14. The average molecular weight is 338 g/mol. The van der Waals surface area contributed by atoms with Crippen molar-refractivity contribution in [2.45, 2.75) is 25.6 Å². The number of nitrogens with two attached hydrogens (primary N) is 1. The summed E-state index contributed by atoms with van der Waals surface area (Å²) in [4.78, 5) is 6.71. The summed E-state index contributed by atoms with van der Waals surface area (Å²) in [5.74, 6) is 1.40. The lowest BCUT2D eigenvalue weighted by Crippen LogP contribution is -2.37. The Bertz CT molecular complexity index is 742. The minimum atomic E-state index is 0.144. The Morgan fingerprint density at radius 3 is 2.68 bits per heavy atom. The van der Waals surface area contributed by atoms with Gasteiger partial charge in [-0.1, -0.05) is 42.5 Å².